The van der Waals surface area contributed by atoms with Crippen molar-refractivity contribution in [3.05, 3.63) is 22.4 Å². The molecule has 1 aromatic heterocycles. The molecule has 0 saturated carbocycles. The summed E-state index contributed by atoms with van der Waals surface area (Å²) in [6.07, 6.45) is 0. The predicted molar refractivity (Wildman–Crippen MR) is 97.2 cm³/mol. The summed E-state index contributed by atoms with van der Waals surface area (Å²) in [5, 5.41) is 19.0. The molecule has 7 heteroatoms. The van der Waals surface area contributed by atoms with Crippen molar-refractivity contribution in [1.82, 2.24) is 15.5 Å². The Bertz CT molecular complexity index is 449. The molecule has 0 aliphatic rings. The fourth-order valence-electron chi connectivity index (χ4n) is 1.96. The van der Waals surface area contributed by atoms with Crippen LogP contribution in [0.25, 0.3) is 0 Å². The Morgan fingerprint density at radius 3 is 2.83 bits per heavy atom. The fourth-order valence-corrected chi connectivity index (χ4v) is 2.74. The summed E-state index contributed by atoms with van der Waals surface area (Å²) in [7, 11) is 3.77. The summed E-state index contributed by atoms with van der Waals surface area (Å²) in [6.45, 7) is 8.24. The van der Waals surface area contributed by atoms with Crippen molar-refractivity contribution in [1.29, 1.82) is 0 Å². The lowest BCUT2D eigenvalue weighted by molar-refractivity contribution is 0.0711. The highest BCUT2D eigenvalue weighted by Gasteiger charge is 2.23. The van der Waals surface area contributed by atoms with Crippen molar-refractivity contribution >= 4 is 17.3 Å². The van der Waals surface area contributed by atoms with Crippen LogP contribution in [0.5, 0.6) is 0 Å². The molecule has 0 amide bonds. The molecule has 0 fully saturated rings. The number of nitrogens with zero attached hydrogens (tertiary/aromatic N) is 2. The normalized spacial score (nSPS) is 14.8. The Labute approximate surface area is 143 Å². The number of ether oxygens (including phenoxy) is 1. The first kappa shape index (κ1) is 19.9. The Hall–Kier alpha value is -1.15. The minimum absolute atomic E-state index is 0.322. The molecule has 0 bridgehead atoms. The molecule has 132 valence electrons. The zero-order valence-corrected chi connectivity index (χ0v) is 15.4. The molecule has 1 unspecified atom stereocenters. The third-order valence-electron chi connectivity index (χ3n) is 3.40. The van der Waals surface area contributed by atoms with Crippen LogP contribution in [0.4, 0.5) is 0 Å². The van der Waals surface area contributed by atoms with E-state index in [1.807, 2.05) is 24.4 Å². The van der Waals surface area contributed by atoms with Crippen LogP contribution in [-0.2, 0) is 10.3 Å². The Morgan fingerprint density at radius 1 is 1.43 bits per heavy atom. The Balaban J connectivity index is 2.47. The molecule has 1 atom stereocenters. The van der Waals surface area contributed by atoms with Gasteiger partial charge in [-0.15, -0.1) is 11.3 Å². The van der Waals surface area contributed by atoms with E-state index in [0.717, 1.165) is 43.6 Å². The molecule has 1 heterocycles. The number of thiophene rings is 1. The Kier molecular flexibility index (Phi) is 9.16. The monoisotopic (exact) mass is 342 g/mol. The second-order valence-corrected chi connectivity index (χ2v) is 6.62. The number of aliphatic hydroxyl groups is 1. The molecule has 0 saturated heterocycles. The molecule has 0 aliphatic heterocycles. The molecule has 23 heavy (non-hydrogen) atoms. The number of methoxy groups -OCH3 is 1. The number of likely N-dealkylation sites (N-methyl/N-ethyl adjacent to an activating group) is 1. The second kappa shape index (κ2) is 10.6. The summed E-state index contributed by atoms with van der Waals surface area (Å²) >= 11 is 1.55. The van der Waals surface area contributed by atoms with Gasteiger partial charge in [-0.05, 0) is 32.3 Å². The third-order valence-corrected chi connectivity index (χ3v) is 4.53. The number of guanidine groups is 1. The number of aliphatic imine (C=N–C) groups is 1. The minimum Gasteiger partial charge on any atom is -0.383 e. The van der Waals surface area contributed by atoms with Crippen LogP contribution in [0, 0.1) is 0 Å². The molecule has 0 aromatic carbocycles. The topological polar surface area (TPSA) is 69.1 Å². The van der Waals surface area contributed by atoms with Crippen LogP contribution in [-0.4, -0.2) is 69.5 Å². The van der Waals surface area contributed by atoms with Crippen molar-refractivity contribution in [2.75, 3.05) is 53.5 Å². The van der Waals surface area contributed by atoms with E-state index in [4.69, 9.17) is 4.74 Å². The highest BCUT2D eigenvalue weighted by atomic mass is 32.1. The van der Waals surface area contributed by atoms with E-state index in [1.165, 1.54) is 0 Å². The van der Waals surface area contributed by atoms with Crippen LogP contribution in [0.15, 0.2) is 22.5 Å². The maximum Gasteiger partial charge on any atom is 0.191 e. The Morgan fingerprint density at radius 2 is 2.22 bits per heavy atom. The smallest absolute Gasteiger partial charge is 0.191 e. The second-order valence-electron chi connectivity index (χ2n) is 5.67. The molecule has 0 spiro atoms. The van der Waals surface area contributed by atoms with Gasteiger partial charge in [0.2, 0.25) is 0 Å². The van der Waals surface area contributed by atoms with Crippen LogP contribution in [0.1, 0.15) is 18.7 Å². The molecule has 0 radical (unpaired) electrons. The lowest BCUT2D eigenvalue weighted by atomic mass is 10.1. The first-order valence-corrected chi connectivity index (χ1v) is 8.83. The number of nitrogens with one attached hydrogen (secondary N) is 2. The zero-order chi connectivity index (χ0) is 17.1. The molecular formula is C16H30N4O2S. The van der Waals surface area contributed by atoms with Crippen molar-refractivity contribution in [3.8, 4) is 0 Å². The molecule has 1 aromatic rings. The van der Waals surface area contributed by atoms with Gasteiger partial charge >= 0.3 is 0 Å². The van der Waals surface area contributed by atoms with Crippen LogP contribution in [0.3, 0.4) is 0 Å². The predicted octanol–water partition coefficient (Wildman–Crippen LogP) is 1.09. The lowest BCUT2D eigenvalue weighted by Crippen LogP contribution is -2.42. The van der Waals surface area contributed by atoms with Crippen LogP contribution < -0.4 is 10.6 Å². The molecule has 1 rings (SSSR count). The molecule has 0 aliphatic carbocycles. The van der Waals surface area contributed by atoms with Gasteiger partial charge in [-0.3, -0.25) is 0 Å². The number of rotatable bonds is 10. The van der Waals surface area contributed by atoms with Crippen molar-refractivity contribution in [3.63, 3.8) is 0 Å². The van der Waals surface area contributed by atoms with Gasteiger partial charge in [-0.25, -0.2) is 4.99 Å². The maximum absolute atomic E-state index is 10.5. The van der Waals surface area contributed by atoms with Gasteiger partial charge in [0.15, 0.2) is 5.96 Å². The summed E-state index contributed by atoms with van der Waals surface area (Å²) in [5.74, 6) is 0.726. The SMILES string of the molecule is CCNC(=NCC(C)(O)c1cccs1)NCCN(C)CCOC. The average Bonchev–Trinajstić information content (AvgIpc) is 3.06. The minimum atomic E-state index is -0.939. The van der Waals surface area contributed by atoms with Gasteiger partial charge < -0.3 is 25.4 Å². The summed E-state index contributed by atoms with van der Waals surface area (Å²) in [5.41, 5.74) is -0.939. The summed E-state index contributed by atoms with van der Waals surface area (Å²) in [4.78, 5) is 7.63. The molecular weight excluding hydrogens is 312 g/mol. The molecule has 3 N–H and O–H groups in total. The molecule has 6 nitrogen and oxygen atoms in total. The van der Waals surface area contributed by atoms with E-state index >= 15 is 0 Å². The van der Waals surface area contributed by atoms with Gasteiger partial charge in [-0.1, -0.05) is 6.07 Å². The van der Waals surface area contributed by atoms with E-state index in [2.05, 4.69) is 27.6 Å². The van der Waals surface area contributed by atoms with Gasteiger partial charge in [-0.2, -0.15) is 0 Å². The van der Waals surface area contributed by atoms with E-state index in [0.29, 0.717) is 6.54 Å². The largest absolute Gasteiger partial charge is 0.383 e. The van der Waals surface area contributed by atoms with Gasteiger partial charge in [0.05, 0.1) is 13.2 Å². The van der Waals surface area contributed by atoms with Gasteiger partial charge in [0.25, 0.3) is 0 Å². The van der Waals surface area contributed by atoms with E-state index in [-0.39, 0.29) is 0 Å². The summed E-state index contributed by atoms with van der Waals surface area (Å²) in [6, 6.07) is 3.88. The van der Waals surface area contributed by atoms with Crippen LogP contribution >= 0.6 is 11.3 Å². The summed E-state index contributed by atoms with van der Waals surface area (Å²) < 4.78 is 5.06. The number of hydrogen-bond donors (Lipinski definition) is 3. The van der Waals surface area contributed by atoms with Gasteiger partial charge in [0.1, 0.15) is 5.60 Å². The first-order valence-electron chi connectivity index (χ1n) is 7.95. The van der Waals surface area contributed by atoms with Crippen LogP contribution in [0.2, 0.25) is 0 Å². The standard InChI is InChI=1S/C16H30N4O2S/c1-5-17-15(18-8-9-20(3)10-11-22-4)19-13-16(2,21)14-7-6-12-23-14/h6-7,12,21H,5,8-11,13H2,1-4H3,(H2,17,18,19). The third kappa shape index (κ3) is 7.78. The first-order chi connectivity index (χ1) is 11.0. The average molecular weight is 343 g/mol. The van der Waals surface area contributed by atoms with Crippen molar-refractivity contribution < 1.29 is 9.84 Å². The van der Waals surface area contributed by atoms with E-state index in [9.17, 15) is 5.11 Å². The zero-order valence-electron chi connectivity index (χ0n) is 14.6. The van der Waals surface area contributed by atoms with Crippen molar-refractivity contribution in [2.45, 2.75) is 19.4 Å². The number of hydrogen-bond acceptors (Lipinski definition) is 5. The lowest BCUT2D eigenvalue weighted by Gasteiger charge is -2.21. The highest BCUT2D eigenvalue weighted by molar-refractivity contribution is 7.10. The van der Waals surface area contributed by atoms with Gasteiger partial charge in [0, 0.05) is 38.2 Å². The fraction of sp³-hybridized carbons (Fsp3) is 0.688. The highest BCUT2D eigenvalue weighted by Crippen LogP contribution is 2.25. The quantitative estimate of drug-likeness (QED) is 0.439. The maximum atomic E-state index is 10.5. The van der Waals surface area contributed by atoms with Crippen molar-refractivity contribution in [2.24, 2.45) is 4.99 Å². The van der Waals surface area contributed by atoms with E-state index < -0.39 is 5.60 Å². The van der Waals surface area contributed by atoms with E-state index in [1.54, 1.807) is 25.4 Å².